The van der Waals surface area contributed by atoms with Gasteiger partial charge in [0.15, 0.2) is 9.84 Å². The van der Waals surface area contributed by atoms with Crippen LogP contribution in [-0.2, 0) is 14.6 Å². The molecule has 3 N–H and O–H groups in total. The Balaban J connectivity index is 5.06. The van der Waals surface area contributed by atoms with E-state index in [1.165, 1.54) is 0 Å². The van der Waals surface area contributed by atoms with Crippen molar-refractivity contribution in [2.75, 3.05) is 0 Å². The van der Waals surface area contributed by atoms with Gasteiger partial charge in [0.05, 0.1) is 5.92 Å². The normalized spacial score (nSPS) is 16.3. The predicted octanol–water partition coefficient (Wildman–Crippen LogP) is 0.186. The Bertz CT molecular complexity index is 320. The summed E-state index contributed by atoms with van der Waals surface area (Å²) in [5.41, 5.74) is 5.37. The van der Waals surface area contributed by atoms with Gasteiger partial charge in [-0.2, -0.15) is 0 Å². The lowest BCUT2D eigenvalue weighted by Crippen LogP contribution is -2.43. The Morgan fingerprint density at radius 2 is 1.93 bits per heavy atom. The average Bonchev–Trinajstić information content (AvgIpc) is 2.02. The van der Waals surface area contributed by atoms with E-state index in [2.05, 4.69) is 6.58 Å². The molecule has 0 heterocycles. The van der Waals surface area contributed by atoms with Crippen LogP contribution in [0.5, 0.6) is 0 Å². The molecule has 0 aliphatic rings. The third kappa shape index (κ3) is 2.81. The highest BCUT2D eigenvalue weighted by atomic mass is 32.2. The molecule has 2 atom stereocenters. The summed E-state index contributed by atoms with van der Waals surface area (Å²) in [7, 11) is -3.73. The second-order valence-corrected chi connectivity index (χ2v) is 5.38. The van der Waals surface area contributed by atoms with E-state index in [4.69, 9.17) is 10.8 Å². The average molecular weight is 221 g/mol. The number of hydrogen-bond donors (Lipinski definition) is 2. The van der Waals surface area contributed by atoms with Gasteiger partial charge >= 0.3 is 5.97 Å². The molecule has 0 aromatic heterocycles. The first-order valence-electron chi connectivity index (χ1n) is 4.08. The molecule has 0 saturated heterocycles. The zero-order valence-electron chi connectivity index (χ0n) is 8.17. The first-order chi connectivity index (χ1) is 6.24. The topological polar surface area (TPSA) is 97.5 Å². The van der Waals surface area contributed by atoms with E-state index in [9.17, 15) is 13.2 Å². The van der Waals surface area contributed by atoms with Crippen LogP contribution in [0.15, 0.2) is 12.0 Å². The smallest absolute Gasteiger partial charge is 0.309 e. The van der Waals surface area contributed by atoms with Crippen molar-refractivity contribution in [3.05, 3.63) is 12.0 Å². The number of sulfone groups is 1. The molecule has 0 rings (SSSR count). The summed E-state index contributed by atoms with van der Waals surface area (Å²) in [5, 5.41) is 8.05. The summed E-state index contributed by atoms with van der Waals surface area (Å²) >= 11 is 0. The number of aliphatic carboxylic acids is 1. The molecule has 0 aromatic carbocycles. The summed E-state index contributed by atoms with van der Waals surface area (Å²) in [4.78, 5) is 10.8. The minimum Gasteiger partial charge on any atom is -0.481 e. The molecule has 14 heavy (non-hydrogen) atoms. The van der Waals surface area contributed by atoms with E-state index in [1.807, 2.05) is 0 Å². The van der Waals surface area contributed by atoms with Crippen molar-refractivity contribution in [2.45, 2.75) is 19.2 Å². The fourth-order valence-electron chi connectivity index (χ4n) is 1.12. The third-order valence-electron chi connectivity index (χ3n) is 1.97. The van der Waals surface area contributed by atoms with Crippen LogP contribution in [0.3, 0.4) is 0 Å². The van der Waals surface area contributed by atoms with Crippen LogP contribution in [0.1, 0.15) is 13.8 Å². The number of hydrogen-bond acceptors (Lipinski definition) is 4. The fourth-order valence-corrected chi connectivity index (χ4v) is 2.18. The number of rotatable bonds is 5. The molecule has 0 radical (unpaired) electrons. The van der Waals surface area contributed by atoms with Crippen molar-refractivity contribution in [2.24, 2.45) is 17.6 Å². The number of carboxylic acids is 1. The lowest BCUT2D eigenvalue weighted by atomic mass is 9.96. The molecule has 6 heteroatoms. The molecule has 82 valence electrons. The Hall–Kier alpha value is -0.880. The molecule has 0 amide bonds. The van der Waals surface area contributed by atoms with Gasteiger partial charge in [-0.15, -0.1) is 0 Å². The maximum Gasteiger partial charge on any atom is 0.309 e. The number of carbonyl (C=O) groups is 1. The molecule has 0 saturated carbocycles. The molecule has 0 aliphatic carbocycles. The fraction of sp³-hybridized carbons (Fsp3) is 0.625. The molecule has 5 nitrogen and oxygen atoms in total. The molecular formula is C8H15NO4S. The molecule has 0 fully saturated rings. The minimum absolute atomic E-state index is 0.350. The summed E-state index contributed by atoms with van der Waals surface area (Å²) < 4.78 is 22.5. The summed E-state index contributed by atoms with van der Waals surface area (Å²) in [6, 6.07) is 0. The lowest BCUT2D eigenvalue weighted by Gasteiger charge is -2.21. The molecule has 0 aromatic rings. The SMILES string of the molecule is C=CS(=O)(=O)C(N)[C@@H](C(=O)O)C(C)C. The highest BCUT2D eigenvalue weighted by molar-refractivity contribution is 7.94. The number of carboxylic acid groups (broad SMARTS) is 1. The molecule has 0 spiro atoms. The van der Waals surface area contributed by atoms with Crippen LogP contribution in [-0.4, -0.2) is 24.9 Å². The maximum atomic E-state index is 11.2. The molecular weight excluding hydrogens is 206 g/mol. The van der Waals surface area contributed by atoms with Gasteiger partial charge in [-0.25, -0.2) is 8.42 Å². The lowest BCUT2D eigenvalue weighted by molar-refractivity contribution is -0.143. The standard InChI is InChI=1S/C8H15NO4S/c1-4-14(12,13)7(9)6(5(2)3)8(10)11/h4-7H,1,9H2,2-3H3,(H,10,11)/t6-,7?/m0/s1. The van der Waals surface area contributed by atoms with Crippen LogP contribution < -0.4 is 5.73 Å². The second kappa shape index (κ2) is 4.56. The Labute approximate surface area is 83.5 Å². The summed E-state index contributed by atoms with van der Waals surface area (Å²) in [5.74, 6) is -2.67. The van der Waals surface area contributed by atoms with Gasteiger partial charge in [-0.1, -0.05) is 20.4 Å². The Morgan fingerprint density at radius 1 is 1.50 bits per heavy atom. The summed E-state index contributed by atoms with van der Waals surface area (Å²) in [6.07, 6.45) is 0. The van der Waals surface area contributed by atoms with E-state index in [0.717, 1.165) is 0 Å². The van der Waals surface area contributed by atoms with Crippen molar-refractivity contribution in [1.82, 2.24) is 0 Å². The van der Waals surface area contributed by atoms with Gasteiger partial charge < -0.3 is 10.8 Å². The van der Waals surface area contributed by atoms with E-state index < -0.39 is 27.1 Å². The van der Waals surface area contributed by atoms with E-state index in [-0.39, 0.29) is 5.92 Å². The summed E-state index contributed by atoms with van der Waals surface area (Å²) in [6.45, 7) is 6.31. The van der Waals surface area contributed by atoms with Crippen molar-refractivity contribution < 1.29 is 18.3 Å². The van der Waals surface area contributed by atoms with Gasteiger partial charge in [0.2, 0.25) is 0 Å². The van der Waals surface area contributed by atoms with Crippen LogP contribution >= 0.6 is 0 Å². The van der Waals surface area contributed by atoms with Gasteiger partial charge in [0.25, 0.3) is 0 Å². The van der Waals surface area contributed by atoms with Gasteiger partial charge in [0, 0.05) is 5.41 Å². The zero-order valence-corrected chi connectivity index (χ0v) is 8.99. The minimum atomic E-state index is -3.73. The molecule has 0 aliphatic heterocycles. The highest BCUT2D eigenvalue weighted by Crippen LogP contribution is 2.19. The van der Waals surface area contributed by atoms with Crippen molar-refractivity contribution in [3.8, 4) is 0 Å². The second-order valence-electron chi connectivity index (χ2n) is 3.33. The quantitative estimate of drug-likeness (QED) is 0.690. The van der Waals surface area contributed by atoms with Gasteiger partial charge in [0.1, 0.15) is 5.37 Å². The van der Waals surface area contributed by atoms with Gasteiger partial charge in [-0.3, -0.25) is 4.79 Å². The highest BCUT2D eigenvalue weighted by Gasteiger charge is 2.35. The van der Waals surface area contributed by atoms with Gasteiger partial charge in [-0.05, 0) is 5.92 Å². The molecule has 0 bridgehead atoms. The first-order valence-corrected chi connectivity index (χ1v) is 5.69. The monoisotopic (exact) mass is 221 g/mol. The Morgan fingerprint density at radius 3 is 2.14 bits per heavy atom. The van der Waals surface area contributed by atoms with Crippen LogP contribution in [0.4, 0.5) is 0 Å². The molecule has 1 unspecified atom stereocenters. The largest absolute Gasteiger partial charge is 0.481 e. The van der Waals surface area contributed by atoms with Crippen molar-refractivity contribution >= 4 is 15.8 Å². The maximum absolute atomic E-state index is 11.2. The van der Waals surface area contributed by atoms with E-state index in [0.29, 0.717) is 5.41 Å². The van der Waals surface area contributed by atoms with Crippen molar-refractivity contribution in [1.29, 1.82) is 0 Å². The Kier molecular flexibility index (Phi) is 4.28. The number of nitrogens with two attached hydrogens (primary N) is 1. The van der Waals surface area contributed by atoms with Crippen LogP contribution in [0, 0.1) is 11.8 Å². The van der Waals surface area contributed by atoms with E-state index in [1.54, 1.807) is 13.8 Å². The predicted molar refractivity (Wildman–Crippen MR) is 53.1 cm³/mol. The zero-order chi connectivity index (χ0) is 11.5. The van der Waals surface area contributed by atoms with E-state index >= 15 is 0 Å². The van der Waals surface area contributed by atoms with Crippen LogP contribution in [0.2, 0.25) is 0 Å². The third-order valence-corrected chi connectivity index (χ3v) is 3.49. The van der Waals surface area contributed by atoms with Crippen molar-refractivity contribution in [3.63, 3.8) is 0 Å². The first kappa shape index (κ1) is 13.1. The van der Waals surface area contributed by atoms with Crippen LogP contribution in [0.25, 0.3) is 0 Å².